The molecular weight excluding hydrogens is 407 g/mol. The molecule has 0 aliphatic rings. The SMILES string of the molecule is CCCCCCCCCCCCC(CCCCCCCC(O)CCC)S(=O)(=O)[O-].[Na+]. The van der Waals surface area contributed by atoms with E-state index in [0.717, 1.165) is 70.6 Å². The minimum Gasteiger partial charge on any atom is -0.748 e. The fourth-order valence-corrected chi connectivity index (χ4v) is 4.96. The summed E-state index contributed by atoms with van der Waals surface area (Å²) in [5.41, 5.74) is 0. The first-order valence-electron chi connectivity index (χ1n) is 12.5. The predicted octanol–water partition coefficient (Wildman–Crippen LogP) is 4.11. The van der Waals surface area contributed by atoms with Crippen LogP contribution in [-0.4, -0.2) is 29.4 Å². The third-order valence-electron chi connectivity index (χ3n) is 5.97. The van der Waals surface area contributed by atoms with Crippen molar-refractivity contribution in [2.45, 2.75) is 154 Å². The average Bonchev–Trinajstić information content (AvgIpc) is 2.66. The summed E-state index contributed by atoms with van der Waals surface area (Å²) in [4.78, 5) is 0. The quantitative estimate of drug-likeness (QED) is 0.151. The Labute approximate surface area is 210 Å². The topological polar surface area (TPSA) is 77.4 Å². The van der Waals surface area contributed by atoms with E-state index in [1.807, 2.05) is 0 Å². The van der Waals surface area contributed by atoms with Crippen LogP contribution in [0.1, 0.15) is 142 Å². The third-order valence-corrected chi connectivity index (χ3v) is 7.26. The zero-order chi connectivity index (χ0) is 21.8. The van der Waals surface area contributed by atoms with Gasteiger partial charge in [-0.15, -0.1) is 0 Å². The van der Waals surface area contributed by atoms with E-state index in [-0.39, 0.29) is 35.7 Å². The first-order chi connectivity index (χ1) is 13.9. The molecule has 0 spiro atoms. The van der Waals surface area contributed by atoms with Gasteiger partial charge < -0.3 is 9.66 Å². The molecule has 4 nitrogen and oxygen atoms in total. The second kappa shape index (κ2) is 23.0. The molecular formula is C24H49NaO4S. The molecule has 6 heteroatoms. The number of aliphatic hydroxyl groups excluding tert-OH is 1. The van der Waals surface area contributed by atoms with Crippen molar-refractivity contribution < 1.29 is 47.6 Å². The Hall–Kier alpha value is 0.870. The fourth-order valence-electron chi connectivity index (χ4n) is 4.05. The van der Waals surface area contributed by atoms with E-state index in [1.165, 1.54) is 44.9 Å². The normalized spacial score (nSPS) is 13.7. The zero-order valence-electron chi connectivity index (χ0n) is 20.4. The minimum atomic E-state index is -4.17. The molecule has 0 bridgehead atoms. The van der Waals surface area contributed by atoms with Gasteiger partial charge in [0, 0.05) is 5.25 Å². The minimum absolute atomic E-state index is 0. The molecule has 0 amide bonds. The first kappa shape index (κ1) is 33.0. The number of aliphatic hydroxyl groups is 1. The van der Waals surface area contributed by atoms with Crippen molar-refractivity contribution >= 4 is 10.1 Å². The van der Waals surface area contributed by atoms with Crippen LogP contribution >= 0.6 is 0 Å². The molecule has 2 atom stereocenters. The van der Waals surface area contributed by atoms with Gasteiger partial charge in [-0.2, -0.15) is 0 Å². The summed E-state index contributed by atoms with van der Waals surface area (Å²) in [6.45, 7) is 4.32. The molecule has 0 aromatic rings. The number of rotatable bonds is 22. The van der Waals surface area contributed by atoms with Gasteiger partial charge in [-0.3, -0.25) is 0 Å². The smallest absolute Gasteiger partial charge is 0.748 e. The van der Waals surface area contributed by atoms with Crippen LogP contribution in [0.15, 0.2) is 0 Å². The average molecular weight is 457 g/mol. The van der Waals surface area contributed by atoms with Crippen LogP contribution < -0.4 is 29.6 Å². The molecule has 0 saturated carbocycles. The molecule has 0 saturated heterocycles. The molecule has 0 aliphatic heterocycles. The number of hydrogen-bond acceptors (Lipinski definition) is 4. The second-order valence-electron chi connectivity index (χ2n) is 8.87. The Morgan fingerprint density at radius 2 is 0.967 bits per heavy atom. The maximum Gasteiger partial charge on any atom is 1.00 e. The van der Waals surface area contributed by atoms with E-state index in [4.69, 9.17) is 0 Å². The Balaban J connectivity index is 0. The van der Waals surface area contributed by atoms with E-state index in [9.17, 15) is 18.1 Å². The summed E-state index contributed by atoms with van der Waals surface area (Å²) in [7, 11) is -4.17. The molecule has 30 heavy (non-hydrogen) atoms. The number of unbranched alkanes of at least 4 members (excludes halogenated alkanes) is 13. The summed E-state index contributed by atoms with van der Waals surface area (Å²) >= 11 is 0. The standard InChI is InChI=1S/C24H50O4S.Na/c1-3-5-6-7-8-9-10-11-14-17-21-24(29(26,27)28)22-18-15-12-13-16-20-23(25)19-4-2;/h23-25H,3-22H2,1-2H3,(H,26,27,28);/q;+1/p-1. The predicted molar refractivity (Wildman–Crippen MR) is 123 cm³/mol. The van der Waals surface area contributed by atoms with Gasteiger partial charge in [0.1, 0.15) is 0 Å². The largest absolute Gasteiger partial charge is 1.00 e. The van der Waals surface area contributed by atoms with E-state index in [0.29, 0.717) is 12.8 Å². The van der Waals surface area contributed by atoms with E-state index in [2.05, 4.69) is 13.8 Å². The van der Waals surface area contributed by atoms with Crippen LogP contribution in [0, 0.1) is 0 Å². The Bertz CT molecular complexity index is 442. The molecule has 0 heterocycles. The van der Waals surface area contributed by atoms with E-state index >= 15 is 0 Å². The van der Waals surface area contributed by atoms with Crippen molar-refractivity contribution in [2.24, 2.45) is 0 Å². The molecule has 1 N–H and O–H groups in total. The maximum absolute atomic E-state index is 11.5. The summed E-state index contributed by atoms with van der Waals surface area (Å²) in [6, 6.07) is 0. The molecule has 0 aliphatic carbocycles. The molecule has 2 unspecified atom stereocenters. The summed E-state index contributed by atoms with van der Waals surface area (Å²) in [6.07, 6.45) is 20.8. The summed E-state index contributed by atoms with van der Waals surface area (Å²) in [5, 5.41) is 9.02. The number of hydrogen-bond donors (Lipinski definition) is 1. The first-order valence-corrected chi connectivity index (χ1v) is 14.0. The van der Waals surface area contributed by atoms with Gasteiger partial charge >= 0.3 is 29.6 Å². The van der Waals surface area contributed by atoms with Gasteiger partial charge in [0.2, 0.25) is 0 Å². The van der Waals surface area contributed by atoms with E-state index < -0.39 is 15.4 Å². The summed E-state index contributed by atoms with van der Waals surface area (Å²) < 4.78 is 34.6. The van der Waals surface area contributed by atoms with Crippen molar-refractivity contribution in [1.29, 1.82) is 0 Å². The summed E-state index contributed by atoms with van der Waals surface area (Å²) in [5.74, 6) is 0. The van der Waals surface area contributed by atoms with Crippen LogP contribution in [0.5, 0.6) is 0 Å². The van der Waals surface area contributed by atoms with Crippen molar-refractivity contribution in [2.75, 3.05) is 0 Å². The van der Waals surface area contributed by atoms with Crippen LogP contribution in [0.3, 0.4) is 0 Å². The Morgan fingerprint density at radius 1 is 0.600 bits per heavy atom. The Morgan fingerprint density at radius 3 is 1.33 bits per heavy atom. The second-order valence-corrected chi connectivity index (χ2v) is 10.5. The van der Waals surface area contributed by atoms with Crippen LogP contribution in [0.2, 0.25) is 0 Å². The molecule has 0 fully saturated rings. The van der Waals surface area contributed by atoms with Gasteiger partial charge in [0.15, 0.2) is 0 Å². The van der Waals surface area contributed by atoms with E-state index in [1.54, 1.807) is 0 Å². The van der Waals surface area contributed by atoms with Crippen molar-refractivity contribution in [3.63, 3.8) is 0 Å². The van der Waals surface area contributed by atoms with Crippen LogP contribution in [-0.2, 0) is 10.1 Å². The van der Waals surface area contributed by atoms with Crippen LogP contribution in [0.4, 0.5) is 0 Å². The van der Waals surface area contributed by atoms with Gasteiger partial charge in [-0.25, -0.2) is 8.42 Å². The Kier molecular flexibility index (Phi) is 25.4. The third kappa shape index (κ3) is 22.1. The molecule has 0 aromatic heterocycles. The van der Waals surface area contributed by atoms with Gasteiger partial charge in [0.05, 0.1) is 16.2 Å². The molecule has 0 radical (unpaired) electrons. The zero-order valence-corrected chi connectivity index (χ0v) is 23.2. The van der Waals surface area contributed by atoms with Crippen molar-refractivity contribution in [3.8, 4) is 0 Å². The van der Waals surface area contributed by atoms with Gasteiger partial charge in [-0.1, -0.05) is 117 Å². The molecule has 176 valence electrons. The molecule has 0 aromatic carbocycles. The van der Waals surface area contributed by atoms with Gasteiger partial charge in [-0.05, 0) is 25.7 Å². The van der Waals surface area contributed by atoms with Crippen molar-refractivity contribution in [1.82, 2.24) is 0 Å². The van der Waals surface area contributed by atoms with Crippen molar-refractivity contribution in [3.05, 3.63) is 0 Å². The monoisotopic (exact) mass is 456 g/mol. The van der Waals surface area contributed by atoms with Crippen LogP contribution in [0.25, 0.3) is 0 Å². The molecule has 0 rings (SSSR count). The fraction of sp³-hybridized carbons (Fsp3) is 1.00. The van der Waals surface area contributed by atoms with Gasteiger partial charge in [0.25, 0.3) is 0 Å². The maximum atomic E-state index is 11.5.